The maximum absolute atomic E-state index is 12.5. The molecule has 0 spiro atoms. The Balaban J connectivity index is -0.0000000700. The van der Waals surface area contributed by atoms with Crippen LogP contribution in [0.5, 0.6) is 0 Å². The number of unbranched alkanes of at least 4 members (excludes halogenated alkanes) is 1. The molecule has 0 saturated carbocycles. The van der Waals surface area contributed by atoms with Crippen molar-refractivity contribution >= 4 is 10.0 Å². The Hall–Kier alpha value is -2.12. The molecule has 0 aliphatic carbocycles. The van der Waals surface area contributed by atoms with Crippen molar-refractivity contribution in [2.75, 3.05) is 13.1 Å². The van der Waals surface area contributed by atoms with Gasteiger partial charge in [-0.15, -0.1) is 12.5 Å². The molecule has 186 valence electrons. The first kappa shape index (κ1) is 53.3. The Labute approximate surface area is 222 Å². The zero-order chi connectivity index (χ0) is 27.0. The third-order valence-electron chi connectivity index (χ3n) is 2.75. The van der Waals surface area contributed by atoms with E-state index >= 15 is 0 Å². The molecule has 9 nitrogen and oxygen atoms in total. The molecule has 0 aliphatic heterocycles. The molecule has 0 saturated heterocycles. The normalized spacial score (nSPS) is 6.79. The van der Waals surface area contributed by atoms with Gasteiger partial charge in [-0.25, -0.2) is 8.42 Å². The molecule has 1 aromatic rings. The average molecular weight is 577 g/mol. The summed E-state index contributed by atoms with van der Waals surface area (Å²) in [6.07, 6.45) is 3.33. The van der Waals surface area contributed by atoms with E-state index in [0.29, 0.717) is 4.90 Å². The van der Waals surface area contributed by atoms with Crippen LogP contribution >= 0.6 is 0 Å². The van der Waals surface area contributed by atoms with Gasteiger partial charge in [-0.1, -0.05) is 36.6 Å². The van der Waals surface area contributed by atoms with Gasteiger partial charge < -0.3 is 0 Å². The summed E-state index contributed by atoms with van der Waals surface area (Å²) in [6, 6.07) is 6.84. The number of rotatable bonds is 6. The van der Waals surface area contributed by atoms with Crippen LogP contribution in [0.3, 0.4) is 0 Å². The minimum atomic E-state index is -3.51. The first-order valence-electron chi connectivity index (χ1n) is 7.88. The van der Waals surface area contributed by atoms with Crippen molar-refractivity contribution in [3.63, 3.8) is 0 Å². The van der Waals surface area contributed by atoms with E-state index in [9.17, 15) is 8.42 Å². The minimum absolute atomic E-state index is 0. The molecule has 34 heavy (non-hydrogen) atoms. The number of nitrogens with zero attached hydrogens (tertiary/aromatic N) is 1. The molecule has 1 rings (SSSR count). The van der Waals surface area contributed by atoms with Gasteiger partial charge in [0, 0.05) is 46.5 Å². The van der Waals surface area contributed by atoms with Gasteiger partial charge >= 0.3 is 67.8 Å². The van der Waals surface area contributed by atoms with Crippen LogP contribution in [-0.2, 0) is 71.5 Å². The molecule has 0 N–H and O–H groups in total. The SMILES string of the molecule is C=CCN(CC#CCCC)S(=O)(=O)c1ccc(C)cc1.[C-]#[O+].[C-]#[O+].[C-]#[O+].[C-]#[O+].[C-]#[O+].[C-]#[O+].[Co].[Co]. The number of hydrogen-bond acceptors (Lipinski definition) is 2. The van der Waals surface area contributed by atoms with Crippen LogP contribution in [0.15, 0.2) is 41.8 Å². The molecule has 0 heterocycles. The van der Waals surface area contributed by atoms with Crippen molar-refractivity contribution in [2.45, 2.75) is 31.6 Å². The molecule has 0 aromatic heterocycles. The monoisotopic (exact) mass is 577 g/mol. The van der Waals surface area contributed by atoms with Crippen molar-refractivity contribution in [3.05, 3.63) is 82.4 Å². The Morgan fingerprint density at radius 3 is 1.56 bits per heavy atom. The summed E-state index contributed by atoms with van der Waals surface area (Å²) in [5.74, 6) is 5.87. The summed E-state index contributed by atoms with van der Waals surface area (Å²) < 4.78 is 71.4. The van der Waals surface area contributed by atoms with Crippen LogP contribution < -0.4 is 0 Å². The van der Waals surface area contributed by atoms with Crippen molar-refractivity contribution in [1.29, 1.82) is 0 Å². The van der Waals surface area contributed by atoms with Gasteiger partial charge in [-0.05, 0) is 25.5 Å². The first-order chi connectivity index (χ1) is 15.5. The van der Waals surface area contributed by atoms with Gasteiger partial charge in [0.1, 0.15) is 0 Å². The fraction of sp³-hybridized carbons (Fsp3) is 0.273. The predicted octanol–water partition coefficient (Wildman–Crippen LogP) is 2.75. The molecule has 1 aromatic carbocycles. The topological polar surface area (TPSA) is 157 Å². The van der Waals surface area contributed by atoms with Crippen molar-refractivity contribution < 1.29 is 69.9 Å². The van der Waals surface area contributed by atoms with Gasteiger partial charge in [-0.3, -0.25) is 0 Å². The molecule has 0 fully saturated rings. The fourth-order valence-corrected chi connectivity index (χ4v) is 2.92. The van der Waals surface area contributed by atoms with Crippen LogP contribution in [0.4, 0.5) is 0 Å². The molecular weight excluding hydrogens is 556 g/mol. The summed E-state index contributed by atoms with van der Waals surface area (Å²) >= 11 is 0. The van der Waals surface area contributed by atoms with Crippen LogP contribution in [0.2, 0.25) is 0 Å². The van der Waals surface area contributed by atoms with E-state index in [4.69, 9.17) is 27.9 Å². The van der Waals surface area contributed by atoms with Crippen LogP contribution in [-0.4, -0.2) is 25.8 Å². The van der Waals surface area contributed by atoms with E-state index < -0.39 is 10.0 Å². The Kier molecular flexibility index (Phi) is 75.8. The summed E-state index contributed by atoms with van der Waals surface area (Å²) in [4.78, 5) is 0.294. The van der Waals surface area contributed by atoms with E-state index in [-0.39, 0.29) is 46.6 Å². The van der Waals surface area contributed by atoms with E-state index in [1.165, 1.54) is 4.31 Å². The second kappa shape index (κ2) is 48.3. The average Bonchev–Trinajstić information content (AvgIpc) is 2.88. The van der Waals surface area contributed by atoms with E-state index in [1.54, 1.807) is 30.3 Å². The standard InChI is InChI=1S/C16H21NO2S.6CO.2Co/c1-4-6-7-8-14-17(13-5-2)20(18,19)16-11-9-15(3)10-12-16;6*1-2;;/h5,9-12H,2,4,6,13-14H2,1,3H3;;;;;;;;. The number of benzene rings is 1. The van der Waals surface area contributed by atoms with Gasteiger partial charge in [0.25, 0.3) is 0 Å². The van der Waals surface area contributed by atoms with Gasteiger partial charge in [-0.2, -0.15) is 4.31 Å². The summed E-state index contributed by atoms with van der Waals surface area (Å²) in [6.45, 7) is 35.0. The molecule has 0 aliphatic rings. The molecule has 0 atom stereocenters. The maximum atomic E-state index is 12.5. The van der Waals surface area contributed by atoms with Crippen molar-refractivity contribution in [1.82, 2.24) is 4.31 Å². The predicted molar refractivity (Wildman–Crippen MR) is 106 cm³/mol. The quantitative estimate of drug-likeness (QED) is 0.221. The second-order valence-corrected chi connectivity index (χ2v) is 6.44. The molecular formula is C22H21Co2NO8S. The minimum Gasteiger partial charge on any atom is 0 e. The molecule has 12 heteroatoms. The van der Waals surface area contributed by atoms with Gasteiger partial charge in [0.05, 0.1) is 11.4 Å². The number of sulfonamides is 1. The zero-order valence-corrected chi connectivity index (χ0v) is 21.1. The largest absolute Gasteiger partial charge is 0 e. The maximum Gasteiger partial charge on any atom is 0 e. The first-order valence-corrected chi connectivity index (χ1v) is 9.32. The van der Waals surface area contributed by atoms with E-state index in [2.05, 4.69) is 58.3 Å². The fourth-order valence-electron chi connectivity index (χ4n) is 1.61. The van der Waals surface area contributed by atoms with E-state index in [1.807, 2.05) is 13.8 Å². The van der Waals surface area contributed by atoms with E-state index in [0.717, 1.165) is 18.4 Å². The van der Waals surface area contributed by atoms with Crippen LogP contribution in [0.1, 0.15) is 25.3 Å². The summed E-state index contributed by atoms with van der Waals surface area (Å²) in [5.41, 5.74) is 1.03. The molecule has 0 bridgehead atoms. The molecule has 0 amide bonds. The third-order valence-corrected chi connectivity index (χ3v) is 4.57. The Morgan fingerprint density at radius 2 is 1.24 bits per heavy atom. The number of hydrogen-bond donors (Lipinski definition) is 0. The second-order valence-electron chi connectivity index (χ2n) is 4.50. The zero-order valence-electron chi connectivity index (χ0n) is 18.2. The Bertz CT molecular complexity index is 813. The third kappa shape index (κ3) is 29.9. The van der Waals surface area contributed by atoms with Crippen LogP contribution in [0.25, 0.3) is 0 Å². The summed E-state index contributed by atoms with van der Waals surface area (Å²) in [5, 5.41) is 0. The number of aryl methyl sites for hydroxylation is 1. The molecule has 0 unspecified atom stereocenters. The Morgan fingerprint density at radius 1 is 0.853 bits per heavy atom. The molecule has 2 radical (unpaired) electrons. The summed E-state index contributed by atoms with van der Waals surface area (Å²) in [7, 11) is -3.51. The van der Waals surface area contributed by atoms with Gasteiger partial charge in [0.15, 0.2) is 0 Å². The van der Waals surface area contributed by atoms with Crippen LogP contribution in [0, 0.1) is 58.7 Å². The van der Waals surface area contributed by atoms with Crippen molar-refractivity contribution in [3.8, 4) is 11.8 Å². The smallest absolute Gasteiger partial charge is 0 e. The van der Waals surface area contributed by atoms with Crippen molar-refractivity contribution in [2.24, 2.45) is 0 Å². The van der Waals surface area contributed by atoms with Gasteiger partial charge in [0.2, 0.25) is 10.0 Å².